The molecule has 4 aliphatic heterocycles. The molecular formula is C20H17F3N2O4. The number of nitrogens with zero attached hydrogens (tertiary/aromatic N) is 2. The van der Waals surface area contributed by atoms with E-state index in [4.69, 9.17) is 14.7 Å². The third-order valence-corrected chi connectivity index (χ3v) is 6.98. The first kappa shape index (κ1) is 18.6. The van der Waals surface area contributed by atoms with Gasteiger partial charge in [0.25, 0.3) is 0 Å². The minimum atomic E-state index is -4.73. The second kappa shape index (κ2) is 5.58. The quantitative estimate of drug-likeness (QED) is 0.706. The molecule has 9 heteroatoms. The summed E-state index contributed by atoms with van der Waals surface area (Å²) in [5.74, 6) is -1.76. The average molecular weight is 406 g/mol. The summed E-state index contributed by atoms with van der Waals surface area (Å²) in [6, 6.07) is 4.77. The molecule has 0 radical (unpaired) electrons. The Morgan fingerprint density at radius 1 is 1.38 bits per heavy atom. The van der Waals surface area contributed by atoms with Crippen molar-refractivity contribution in [2.45, 2.75) is 43.4 Å². The SMILES string of the molecule is C[C@@]12C[C@@H](C=O)[C@]3(CCO[C@H]4[C@@H]3[C@@H]1C(=O)N4c1ccc(C#N)c(C(F)(F)F)c1)O2. The van der Waals surface area contributed by atoms with E-state index in [1.807, 2.05) is 0 Å². The molecule has 1 aromatic carbocycles. The van der Waals surface area contributed by atoms with Crippen LogP contribution < -0.4 is 4.90 Å². The average Bonchev–Trinajstić information content (AvgIpc) is 3.24. The number of amides is 1. The van der Waals surface area contributed by atoms with Gasteiger partial charge in [0.05, 0.1) is 40.9 Å². The molecule has 4 heterocycles. The number of hydrogen-bond donors (Lipinski definition) is 0. The number of carbonyl (C=O) groups is 2. The van der Waals surface area contributed by atoms with Crippen LogP contribution in [0.1, 0.15) is 30.9 Å². The van der Waals surface area contributed by atoms with Gasteiger partial charge in [-0.05, 0) is 31.5 Å². The molecule has 4 aliphatic rings. The molecule has 29 heavy (non-hydrogen) atoms. The fraction of sp³-hybridized carbons (Fsp3) is 0.550. The normalized spacial score (nSPS) is 40.1. The van der Waals surface area contributed by atoms with Crippen LogP contribution in [-0.2, 0) is 25.2 Å². The Bertz CT molecular complexity index is 973. The summed E-state index contributed by atoms with van der Waals surface area (Å²) in [6.45, 7) is 2.03. The van der Waals surface area contributed by atoms with Crippen LogP contribution in [0.5, 0.6) is 0 Å². The Morgan fingerprint density at radius 2 is 2.14 bits per heavy atom. The lowest BCUT2D eigenvalue weighted by Crippen LogP contribution is -2.55. The summed E-state index contributed by atoms with van der Waals surface area (Å²) in [5, 5.41) is 9.03. The van der Waals surface area contributed by atoms with Gasteiger partial charge in [0, 0.05) is 23.9 Å². The Kier molecular flexibility index (Phi) is 3.58. The van der Waals surface area contributed by atoms with Crippen LogP contribution >= 0.6 is 0 Å². The summed E-state index contributed by atoms with van der Waals surface area (Å²) in [4.78, 5) is 26.3. The number of halogens is 3. The highest BCUT2D eigenvalue weighted by Gasteiger charge is 2.78. The fourth-order valence-corrected chi connectivity index (χ4v) is 5.96. The number of anilines is 1. The van der Waals surface area contributed by atoms with E-state index in [-0.39, 0.29) is 24.1 Å². The Labute approximate surface area is 164 Å². The highest BCUT2D eigenvalue weighted by atomic mass is 19.4. The number of ether oxygens (including phenoxy) is 2. The van der Waals surface area contributed by atoms with Crippen LogP contribution in [0.4, 0.5) is 18.9 Å². The van der Waals surface area contributed by atoms with E-state index in [0.29, 0.717) is 12.8 Å². The molecule has 2 bridgehead atoms. The zero-order chi connectivity index (χ0) is 20.8. The zero-order valence-corrected chi connectivity index (χ0v) is 15.4. The predicted molar refractivity (Wildman–Crippen MR) is 91.4 cm³/mol. The maximum absolute atomic E-state index is 13.4. The molecule has 0 aromatic heterocycles. The van der Waals surface area contributed by atoms with Gasteiger partial charge in [-0.15, -0.1) is 0 Å². The number of hydrogen-bond acceptors (Lipinski definition) is 5. The summed E-state index contributed by atoms with van der Waals surface area (Å²) in [7, 11) is 0. The van der Waals surface area contributed by atoms with Crippen LogP contribution in [0.3, 0.4) is 0 Å². The van der Waals surface area contributed by atoms with Gasteiger partial charge >= 0.3 is 6.18 Å². The van der Waals surface area contributed by atoms with E-state index in [1.165, 1.54) is 11.0 Å². The second-order valence-corrected chi connectivity index (χ2v) is 8.38. The van der Waals surface area contributed by atoms with Crippen molar-refractivity contribution in [3.05, 3.63) is 29.3 Å². The van der Waals surface area contributed by atoms with Crippen LogP contribution in [-0.4, -0.2) is 36.2 Å². The molecule has 4 saturated heterocycles. The van der Waals surface area contributed by atoms with Crippen LogP contribution in [0.2, 0.25) is 0 Å². The number of nitriles is 1. The standard InChI is InChI=1S/C20H17F3N2O4/c1-18-7-11(9-26)19(29-18)4-5-28-17-15(19)14(18)16(27)25(17)12-3-2-10(8-24)13(6-12)20(21,22)23/h2-3,6,9,11,14-15,17H,4-5,7H2,1H3/t11-,14+,15-,17-,18+,19-/m0/s1. The smallest absolute Gasteiger partial charge is 0.367 e. The molecule has 0 N–H and O–H groups in total. The number of fused-ring (bicyclic) bond motifs is 2. The molecule has 1 aromatic rings. The summed E-state index contributed by atoms with van der Waals surface area (Å²) in [5.41, 5.74) is -3.25. The topological polar surface area (TPSA) is 79.6 Å². The van der Waals surface area contributed by atoms with Crippen LogP contribution in [0.25, 0.3) is 0 Å². The summed E-state index contributed by atoms with van der Waals surface area (Å²) in [6.07, 6.45) is -3.80. The van der Waals surface area contributed by atoms with Crippen molar-refractivity contribution >= 4 is 17.9 Å². The third kappa shape index (κ3) is 2.19. The monoisotopic (exact) mass is 406 g/mol. The number of rotatable bonds is 2. The first-order chi connectivity index (χ1) is 13.7. The second-order valence-electron chi connectivity index (χ2n) is 8.38. The molecule has 6 atom stereocenters. The number of benzene rings is 1. The maximum Gasteiger partial charge on any atom is 0.417 e. The zero-order valence-electron chi connectivity index (χ0n) is 15.4. The van der Waals surface area contributed by atoms with Crippen molar-refractivity contribution in [3.8, 4) is 6.07 Å². The first-order valence-electron chi connectivity index (χ1n) is 9.38. The first-order valence-corrected chi connectivity index (χ1v) is 9.38. The molecule has 0 aliphatic carbocycles. The molecule has 6 nitrogen and oxygen atoms in total. The molecule has 4 fully saturated rings. The maximum atomic E-state index is 13.4. The van der Waals surface area contributed by atoms with Gasteiger partial charge in [-0.1, -0.05) is 0 Å². The van der Waals surface area contributed by atoms with Gasteiger partial charge in [-0.25, -0.2) is 0 Å². The lowest BCUT2D eigenvalue weighted by molar-refractivity contribution is -0.153. The molecule has 5 rings (SSSR count). The van der Waals surface area contributed by atoms with Gasteiger partial charge in [0.15, 0.2) is 0 Å². The minimum Gasteiger partial charge on any atom is -0.367 e. The van der Waals surface area contributed by atoms with Gasteiger partial charge < -0.3 is 14.3 Å². The summed E-state index contributed by atoms with van der Waals surface area (Å²) < 4.78 is 52.4. The van der Waals surface area contributed by atoms with Crippen molar-refractivity contribution in [2.24, 2.45) is 17.8 Å². The van der Waals surface area contributed by atoms with E-state index in [9.17, 15) is 22.8 Å². The van der Waals surface area contributed by atoms with E-state index in [0.717, 1.165) is 18.4 Å². The molecule has 1 spiro atoms. The number of alkyl halides is 3. The number of carbonyl (C=O) groups excluding carboxylic acids is 2. The highest BCUT2D eigenvalue weighted by Crippen LogP contribution is 2.66. The molecule has 0 saturated carbocycles. The van der Waals surface area contributed by atoms with Crippen LogP contribution in [0.15, 0.2) is 18.2 Å². The van der Waals surface area contributed by atoms with Crippen molar-refractivity contribution in [1.82, 2.24) is 0 Å². The third-order valence-electron chi connectivity index (χ3n) is 6.98. The van der Waals surface area contributed by atoms with Crippen molar-refractivity contribution in [2.75, 3.05) is 11.5 Å². The van der Waals surface area contributed by atoms with Crippen molar-refractivity contribution < 1.29 is 32.2 Å². The predicted octanol–water partition coefficient (Wildman–Crippen LogP) is 2.65. The largest absolute Gasteiger partial charge is 0.417 e. The Hall–Kier alpha value is -2.44. The number of aldehydes is 1. The highest BCUT2D eigenvalue weighted by molar-refractivity contribution is 6.00. The minimum absolute atomic E-state index is 0.0310. The van der Waals surface area contributed by atoms with E-state index >= 15 is 0 Å². The van der Waals surface area contributed by atoms with Gasteiger partial charge in [0.1, 0.15) is 12.5 Å². The van der Waals surface area contributed by atoms with E-state index in [2.05, 4.69) is 0 Å². The molecule has 152 valence electrons. The van der Waals surface area contributed by atoms with Crippen molar-refractivity contribution in [3.63, 3.8) is 0 Å². The Balaban J connectivity index is 1.62. The Morgan fingerprint density at radius 3 is 2.79 bits per heavy atom. The van der Waals surface area contributed by atoms with E-state index in [1.54, 1.807) is 13.0 Å². The lowest BCUT2D eigenvalue weighted by Gasteiger charge is -2.44. The molecule has 1 amide bonds. The van der Waals surface area contributed by atoms with Crippen LogP contribution in [0, 0.1) is 29.1 Å². The van der Waals surface area contributed by atoms with Gasteiger partial charge in [-0.2, -0.15) is 18.4 Å². The van der Waals surface area contributed by atoms with Gasteiger partial charge in [-0.3, -0.25) is 9.69 Å². The summed E-state index contributed by atoms with van der Waals surface area (Å²) >= 11 is 0. The van der Waals surface area contributed by atoms with Crippen molar-refractivity contribution in [1.29, 1.82) is 5.26 Å². The van der Waals surface area contributed by atoms with E-state index < -0.39 is 46.6 Å². The molecular weight excluding hydrogens is 389 g/mol. The molecule has 0 unspecified atom stereocenters. The lowest BCUT2D eigenvalue weighted by atomic mass is 9.61. The fourth-order valence-electron chi connectivity index (χ4n) is 5.96. The van der Waals surface area contributed by atoms with Gasteiger partial charge in [0.2, 0.25) is 5.91 Å².